The van der Waals surface area contributed by atoms with Crippen molar-refractivity contribution in [3.8, 4) is 0 Å². The number of ketones is 1. The molecule has 1 unspecified atom stereocenters. The first-order chi connectivity index (χ1) is 6.12. The molecule has 0 bridgehead atoms. The molecule has 0 aromatic rings. The maximum Gasteiger partial charge on any atom is 0.523 e. The molecule has 0 aromatic heterocycles. The average Bonchev–Trinajstić information content (AvgIpc) is 1.97. The van der Waals surface area contributed by atoms with E-state index in [1.807, 2.05) is 0 Å². The predicted molar refractivity (Wildman–Crippen MR) is 44.0 cm³/mol. The summed E-state index contributed by atoms with van der Waals surface area (Å²) in [6.07, 6.45) is 1.26. The normalized spacial score (nSPS) is 15.2. The number of alkyl halides is 3. The van der Waals surface area contributed by atoms with Gasteiger partial charge in [0.1, 0.15) is 0 Å². The lowest BCUT2D eigenvalue weighted by Gasteiger charge is -2.13. The number of carbonyl (C=O) groups is 1. The van der Waals surface area contributed by atoms with Gasteiger partial charge in [0.25, 0.3) is 0 Å². The largest absolute Gasteiger partial charge is 0.523 e. The van der Waals surface area contributed by atoms with E-state index >= 15 is 0 Å². The molecular formula is C5H7F3O4S2. The maximum absolute atomic E-state index is 11.8. The number of hydrogen-bond acceptors (Lipinski definition) is 5. The van der Waals surface area contributed by atoms with E-state index < -0.39 is 26.8 Å². The van der Waals surface area contributed by atoms with Crippen LogP contribution in [0.1, 0.15) is 6.92 Å². The van der Waals surface area contributed by atoms with Gasteiger partial charge in [-0.3, -0.25) is 4.79 Å². The third kappa shape index (κ3) is 3.46. The van der Waals surface area contributed by atoms with Crippen LogP contribution in [-0.2, 0) is 19.1 Å². The molecule has 0 aliphatic carbocycles. The fourth-order valence-electron chi connectivity index (χ4n) is 0.443. The van der Waals surface area contributed by atoms with Gasteiger partial charge in [-0.05, 0) is 13.2 Å². The number of Topliss-reactive ketones (excluding diaryl/α,β-unsaturated/α-hetero) is 1. The van der Waals surface area contributed by atoms with Gasteiger partial charge in [0.15, 0.2) is 11.2 Å². The molecule has 84 valence electrons. The van der Waals surface area contributed by atoms with Crippen LogP contribution in [0.25, 0.3) is 0 Å². The van der Waals surface area contributed by atoms with Gasteiger partial charge in [-0.25, -0.2) is 4.18 Å². The Bertz CT molecular complexity index is 307. The molecule has 0 radical (unpaired) electrons. The first kappa shape index (κ1) is 13.7. The molecule has 1 atom stereocenters. The Morgan fingerprint density at radius 2 is 1.86 bits per heavy atom. The zero-order chi connectivity index (χ0) is 11.6. The number of hydrogen-bond donors (Lipinski definition) is 0. The Labute approximate surface area is 82.9 Å². The second-order valence-electron chi connectivity index (χ2n) is 2.17. The molecule has 0 spiro atoms. The fraction of sp³-hybridized carbons (Fsp3) is 0.800. The summed E-state index contributed by atoms with van der Waals surface area (Å²) in [5, 5.41) is 0. The van der Waals surface area contributed by atoms with E-state index in [1.165, 1.54) is 6.26 Å². The third-order valence-corrected chi connectivity index (χ3v) is 3.03. The summed E-state index contributed by atoms with van der Waals surface area (Å²) in [5.74, 6) is -0.801. The Kier molecular flexibility index (Phi) is 4.40. The number of carbonyl (C=O) groups excluding carboxylic acids is 1. The zero-order valence-corrected chi connectivity index (χ0v) is 8.79. The summed E-state index contributed by atoms with van der Waals surface area (Å²) in [7, 11) is -5.70. The van der Waals surface area contributed by atoms with E-state index in [2.05, 4.69) is 4.18 Å². The van der Waals surface area contributed by atoms with E-state index in [1.54, 1.807) is 0 Å². The van der Waals surface area contributed by atoms with E-state index in [-0.39, 0.29) is 0 Å². The average molecular weight is 252 g/mol. The van der Waals surface area contributed by atoms with Crippen LogP contribution >= 0.6 is 11.8 Å². The molecule has 0 N–H and O–H groups in total. The Morgan fingerprint density at radius 3 is 2.07 bits per heavy atom. The first-order valence-electron chi connectivity index (χ1n) is 3.14. The maximum atomic E-state index is 11.8. The molecule has 14 heavy (non-hydrogen) atoms. The van der Waals surface area contributed by atoms with Crippen LogP contribution in [0.4, 0.5) is 13.2 Å². The summed E-state index contributed by atoms with van der Waals surface area (Å²) in [6.45, 7) is 0.938. The second-order valence-corrected chi connectivity index (χ2v) is 4.64. The quantitative estimate of drug-likeness (QED) is 0.426. The van der Waals surface area contributed by atoms with Crippen LogP contribution in [-0.4, -0.2) is 31.4 Å². The SMILES string of the molecule is CSC(OS(=O)(=O)C(F)(F)F)C(C)=O. The summed E-state index contributed by atoms with van der Waals surface area (Å²) in [5.41, 5.74) is -7.15. The number of halogens is 3. The second kappa shape index (κ2) is 4.49. The highest BCUT2D eigenvalue weighted by Gasteiger charge is 2.49. The Hall–Kier alpha value is -0.280. The molecular weight excluding hydrogens is 245 g/mol. The van der Waals surface area contributed by atoms with E-state index in [0.29, 0.717) is 11.8 Å². The summed E-state index contributed by atoms with van der Waals surface area (Å²) >= 11 is 0.570. The van der Waals surface area contributed by atoms with Crippen molar-refractivity contribution in [2.75, 3.05) is 6.26 Å². The minimum absolute atomic E-state index is 0.570. The number of rotatable bonds is 4. The lowest BCUT2D eigenvalue weighted by molar-refractivity contribution is -0.120. The van der Waals surface area contributed by atoms with Gasteiger partial charge in [0.2, 0.25) is 0 Å². The summed E-state index contributed by atoms with van der Waals surface area (Å²) in [6, 6.07) is 0. The molecule has 0 saturated carbocycles. The van der Waals surface area contributed by atoms with E-state index in [0.717, 1.165) is 6.92 Å². The highest BCUT2D eigenvalue weighted by Crippen LogP contribution is 2.27. The molecule has 4 nitrogen and oxygen atoms in total. The summed E-state index contributed by atoms with van der Waals surface area (Å²) < 4.78 is 59.8. The molecule has 0 amide bonds. The molecule has 0 aliphatic rings. The summed E-state index contributed by atoms with van der Waals surface area (Å²) in [4.78, 5) is 10.6. The third-order valence-electron chi connectivity index (χ3n) is 1.04. The Morgan fingerprint density at radius 1 is 1.43 bits per heavy atom. The molecule has 0 saturated heterocycles. The van der Waals surface area contributed by atoms with Crippen LogP contribution in [0.3, 0.4) is 0 Å². The monoisotopic (exact) mass is 252 g/mol. The molecule has 0 rings (SSSR count). The van der Waals surface area contributed by atoms with Gasteiger partial charge in [0, 0.05) is 0 Å². The van der Waals surface area contributed by atoms with Crippen molar-refractivity contribution in [3.05, 3.63) is 0 Å². The lowest BCUT2D eigenvalue weighted by atomic mass is 10.5. The van der Waals surface area contributed by atoms with Gasteiger partial charge in [-0.15, -0.1) is 11.8 Å². The van der Waals surface area contributed by atoms with Crippen molar-refractivity contribution in [1.82, 2.24) is 0 Å². The van der Waals surface area contributed by atoms with Gasteiger partial charge in [-0.2, -0.15) is 21.6 Å². The minimum Gasteiger partial charge on any atom is -0.296 e. The fourth-order valence-corrected chi connectivity index (χ4v) is 1.87. The van der Waals surface area contributed by atoms with Gasteiger partial charge in [-0.1, -0.05) is 0 Å². The van der Waals surface area contributed by atoms with Gasteiger partial charge < -0.3 is 0 Å². The lowest BCUT2D eigenvalue weighted by Crippen LogP contribution is -2.31. The van der Waals surface area contributed by atoms with Crippen molar-refractivity contribution in [2.24, 2.45) is 0 Å². The smallest absolute Gasteiger partial charge is 0.296 e. The van der Waals surface area contributed by atoms with Crippen molar-refractivity contribution in [2.45, 2.75) is 17.9 Å². The molecule has 0 aromatic carbocycles. The van der Waals surface area contributed by atoms with Crippen molar-refractivity contribution in [3.63, 3.8) is 0 Å². The van der Waals surface area contributed by atoms with Crippen LogP contribution in [0.5, 0.6) is 0 Å². The minimum atomic E-state index is -5.70. The van der Waals surface area contributed by atoms with Crippen molar-refractivity contribution >= 4 is 27.7 Å². The highest BCUT2D eigenvalue weighted by atomic mass is 32.2. The molecule has 0 aliphatic heterocycles. The van der Waals surface area contributed by atoms with Crippen LogP contribution in [0.2, 0.25) is 0 Å². The highest BCUT2D eigenvalue weighted by molar-refractivity contribution is 8.00. The zero-order valence-electron chi connectivity index (χ0n) is 7.16. The van der Waals surface area contributed by atoms with Crippen LogP contribution < -0.4 is 0 Å². The van der Waals surface area contributed by atoms with Crippen molar-refractivity contribution in [1.29, 1.82) is 0 Å². The molecule has 0 fully saturated rings. The van der Waals surface area contributed by atoms with Crippen LogP contribution in [0.15, 0.2) is 0 Å². The van der Waals surface area contributed by atoms with Gasteiger partial charge in [0.05, 0.1) is 0 Å². The standard InChI is InChI=1S/C5H7F3O4S2/c1-3(9)4(13-2)12-14(10,11)5(6,7)8/h4H,1-2H3. The van der Waals surface area contributed by atoms with E-state index in [9.17, 15) is 26.4 Å². The predicted octanol–water partition coefficient (Wildman–Crippen LogP) is 1.13. The van der Waals surface area contributed by atoms with Gasteiger partial charge >= 0.3 is 15.6 Å². The van der Waals surface area contributed by atoms with Crippen molar-refractivity contribution < 1.29 is 30.6 Å². The van der Waals surface area contributed by atoms with E-state index in [4.69, 9.17) is 0 Å². The number of thioether (sulfide) groups is 1. The Balaban J connectivity index is 4.75. The molecule has 0 heterocycles. The molecule has 9 heteroatoms. The van der Waals surface area contributed by atoms with Crippen LogP contribution in [0, 0.1) is 0 Å². The first-order valence-corrected chi connectivity index (χ1v) is 5.84. The topological polar surface area (TPSA) is 60.4 Å².